The number of benzene rings is 1. The molecule has 1 unspecified atom stereocenters. The first-order chi connectivity index (χ1) is 13.1. The molecule has 0 aliphatic carbocycles. The maximum atomic E-state index is 12.8. The average Bonchev–Trinajstić information content (AvgIpc) is 3.07. The normalized spacial score (nSPS) is 17.9. The molecule has 1 saturated heterocycles. The van der Waals surface area contributed by atoms with E-state index in [0.29, 0.717) is 5.69 Å². The molecule has 0 bridgehead atoms. The molecule has 3 heterocycles. The molecule has 3 aromatic rings. The van der Waals surface area contributed by atoms with Gasteiger partial charge in [0.25, 0.3) is 5.91 Å². The van der Waals surface area contributed by atoms with Gasteiger partial charge in [-0.25, -0.2) is 9.50 Å². The van der Waals surface area contributed by atoms with Gasteiger partial charge in [-0.3, -0.25) is 9.69 Å². The number of carbonyl (C=O) groups excluding carboxylic acids is 1. The number of piperidine rings is 1. The zero-order valence-corrected chi connectivity index (χ0v) is 15.9. The highest BCUT2D eigenvalue weighted by atomic mass is 16.2. The first kappa shape index (κ1) is 17.7. The Labute approximate surface area is 159 Å². The summed E-state index contributed by atoms with van der Waals surface area (Å²) in [7, 11) is 3.54. The molecule has 0 radical (unpaired) electrons. The van der Waals surface area contributed by atoms with E-state index in [1.807, 2.05) is 18.3 Å². The fraction of sp³-hybridized carbons (Fsp3) is 0.381. The van der Waals surface area contributed by atoms with Crippen molar-refractivity contribution in [3.05, 3.63) is 65.6 Å². The largest absolute Gasteiger partial charge is 0.343 e. The second-order valence-corrected chi connectivity index (χ2v) is 7.41. The van der Waals surface area contributed by atoms with Crippen molar-refractivity contribution < 1.29 is 4.79 Å². The van der Waals surface area contributed by atoms with Crippen molar-refractivity contribution >= 4 is 11.6 Å². The molecule has 1 aromatic carbocycles. The summed E-state index contributed by atoms with van der Waals surface area (Å²) < 4.78 is 1.74. The van der Waals surface area contributed by atoms with E-state index in [0.717, 1.165) is 43.7 Å². The monoisotopic (exact) mass is 363 g/mol. The van der Waals surface area contributed by atoms with Gasteiger partial charge in [0, 0.05) is 51.1 Å². The topological polar surface area (TPSA) is 53.7 Å². The van der Waals surface area contributed by atoms with Crippen LogP contribution in [0.25, 0.3) is 5.65 Å². The highest BCUT2D eigenvalue weighted by Crippen LogP contribution is 2.32. The minimum atomic E-state index is -0.0596. The summed E-state index contributed by atoms with van der Waals surface area (Å²) >= 11 is 0. The second-order valence-electron chi connectivity index (χ2n) is 7.41. The molecule has 140 valence electrons. The maximum absolute atomic E-state index is 12.8. The van der Waals surface area contributed by atoms with Crippen molar-refractivity contribution in [2.75, 3.05) is 27.2 Å². The van der Waals surface area contributed by atoms with Crippen molar-refractivity contribution in [3.8, 4) is 0 Å². The van der Waals surface area contributed by atoms with E-state index >= 15 is 0 Å². The fourth-order valence-corrected chi connectivity index (χ4v) is 3.93. The molecule has 1 amide bonds. The first-order valence-corrected chi connectivity index (χ1v) is 9.44. The number of likely N-dealkylation sites (tertiary alicyclic amines) is 1. The Morgan fingerprint density at radius 2 is 2.04 bits per heavy atom. The summed E-state index contributed by atoms with van der Waals surface area (Å²) in [6.45, 7) is 2.93. The van der Waals surface area contributed by atoms with E-state index in [-0.39, 0.29) is 11.8 Å². The van der Waals surface area contributed by atoms with Crippen LogP contribution in [-0.2, 0) is 6.54 Å². The van der Waals surface area contributed by atoms with E-state index in [9.17, 15) is 4.79 Å². The van der Waals surface area contributed by atoms with E-state index in [1.54, 1.807) is 29.7 Å². The number of hydrogen-bond donors (Lipinski definition) is 0. The third-order valence-corrected chi connectivity index (χ3v) is 5.20. The van der Waals surface area contributed by atoms with Crippen LogP contribution in [0.2, 0.25) is 0 Å². The molecular weight excluding hydrogens is 338 g/mol. The Balaban J connectivity index is 1.66. The summed E-state index contributed by atoms with van der Waals surface area (Å²) in [5.74, 6) is 0.199. The predicted molar refractivity (Wildman–Crippen MR) is 105 cm³/mol. The number of hydrogen-bond acceptors (Lipinski definition) is 4. The lowest BCUT2D eigenvalue weighted by Crippen LogP contribution is -2.35. The third-order valence-electron chi connectivity index (χ3n) is 5.20. The van der Waals surface area contributed by atoms with Crippen LogP contribution in [-0.4, -0.2) is 57.5 Å². The average molecular weight is 363 g/mol. The van der Waals surface area contributed by atoms with Gasteiger partial charge in [-0.1, -0.05) is 30.3 Å². The Morgan fingerprint density at radius 1 is 1.22 bits per heavy atom. The van der Waals surface area contributed by atoms with Gasteiger partial charge in [0.1, 0.15) is 0 Å². The molecule has 1 aliphatic rings. The Kier molecular flexibility index (Phi) is 4.90. The lowest BCUT2D eigenvalue weighted by molar-refractivity contribution is 0.0819. The van der Waals surface area contributed by atoms with Crippen molar-refractivity contribution in [2.24, 2.45) is 0 Å². The van der Waals surface area contributed by atoms with Gasteiger partial charge >= 0.3 is 0 Å². The molecule has 6 nitrogen and oxygen atoms in total. The van der Waals surface area contributed by atoms with Gasteiger partial charge in [0.15, 0.2) is 11.3 Å². The van der Waals surface area contributed by atoms with Gasteiger partial charge in [0.05, 0.1) is 0 Å². The number of aromatic nitrogens is 3. The highest BCUT2D eigenvalue weighted by molar-refractivity contribution is 5.95. The summed E-state index contributed by atoms with van der Waals surface area (Å²) in [5.41, 5.74) is 3.65. The minimum absolute atomic E-state index is 0.0596. The number of rotatable bonds is 4. The molecule has 2 aromatic heterocycles. The lowest BCUT2D eigenvalue weighted by Gasteiger charge is -2.32. The first-order valence-electron chi connectivity index (χ1n) is 9.44. The molecule has 1 fully saturated rings. The van der Waals surface area contributed by atoms with Crippen LogP contribution in [0.5, 0.6) is 0 Å². The smallest absolute Gasteiger partial charge is 0.274 e. The molecule has 1 atom stereocenters. The Bertz CT molecular complexity index is 934. The Hall–Kier alpha value is -2.73. The van der Waals surface area contributed by atoms with E-state index in [2.05, 4.69) is 39.2 Å². The SMILES string of the molecule is CN(C)C(=O)c1nn2cccnc2c1C1CCCN(Cc2ccccc2)C1. The zero-order chi connectivity index (χ0) is 18.8. The van der Waals surface area contributed by atoms with Crippen LogP contribution in [0.1, 0.15) is 40.4 Å². The van der Waals surface area contributed by atoms with Crippen molar-refractivity contribution in [1.82, 2.24) is 24.4 Å². The van der Waals surface area contributed by atoms with Gasteiger partial charge in [-0.05, 0) is 31.0 Å². The second kappa shape index (κ2) is 7.48. The van der Waals surface area contributed by atoms with Crippen LogP contribution >= 0.6 is 0 Å². The van der Waals surface area contributed by atoms with Crippen molar-refractivity contribution in [2.45, 2.75) is 25.3 Å². The van der Waals surface area contributed by atoms with Crippen molar-refractivity contribution in [3.63, 3.8) is 0 Å². The van der Waals surface area contributed by atoms with E-state index < -0.39 is 0 Å². The number of fused-ring (bicyclic) bond motifs is 1. The van der Waals surface area contributed by atoms with E-state index in [4.69, 9.17) is 0 Å². The Morgan fingerprint density at radius 3 is 2.81 bits per heavy atom. The number of amides is 1. The third kappa shape index (κ3) is 3.57. The summed E-state index contributed by atoms with van der Waals surface area (Å²) in [5, 5.41) is 4.56. The van der Waals surface area contributed by atoms with Crippen LogP contribution in [0.4, 0.5) is 0 Å². The molecule has 0 N–H and O–H groups in total. The fourth-order valence-electron chi connectivity index (χ4n) is 3.93. The molecule has 0 saturated carbocycles. The molecule has 27 heavy (non-hydrogen) atoms. The maximum Gasteiger partial charge on any atom is 0.274 e. The zero-order valence-electron chi connectivity index (χ0n) is 15.9. The van der Waals surface area contributed by atoms with Gasteiger partial charge < -0.3 is 4.90 Å². The molecular formula is C21H25N5O. The number of carbonyl (C=O) groups is 1. The summed E-state index contributed by atoms with van der Waals surface area (Å²) in [6, 6.07) is 12.4. The minimum Gasteiger partial charge on any atom is -0.343 e. The van der Waals surface area contributed by atoms with Crippen molar-refractivity contribution in [1.29, 1.82) is 0 Å². The molecule has 4 rings (SSSR count). The van der Waals surface area contributed by atoms with Crippen LogP contribution in [0, 0.1) is 0 Å². The molecule has 0 spiro atoms. The quantitative estimate of drug-likeness (QED) is 0.715. The van der Waals surface area contributed by atoms with Gasteiger partial charge in [-0.2, -0.15) is 5.10 Å². The van der Waals surface area contributed by atoms with Crippen LogP contribution in [0.3, 0.4) is 0 Å². The standard InChI is InChI=1S/C21H25N5O/c1-24(2)21(27)19-18(20-22-11-7-13-26(20)23-19)17-10-6-12-25(15-17)14-16-8-4-3-5-9-16/h3-5,7-9,11,13,17H,6,10,12,14-15H2,1-2H3. The van der Waals surface area contributed by atoms with E-state index in [1.165, 1.54) is 5.56 Å². The predicted octanol–water partition coefficient (Wildman–Crippen LogP) is 2.81. The lowest BCUT2D eigenvalue weighted by atomic mass is 9.89. The summed E-state index contributed by atoms with van der Waals surface area (Å²) in [6.07, 6.45) is 5.80. The molecule has 6 heteroatoms. The summed E-state index contributed by atoms with van der Waals surface area (Å²) in [4.78, 5) is 21.4. The molecule has 1 aliphatic heterocycles. The van der Waals surface area contributed by atoms with Crippen LogP contribution in [0.15, 0.2) is 48.8 Å². The van der Waals surface area contributed by atoms with Gasteiger partial charge in [-0.15, -0.1) is 0 Å². The van der Waals surface area contributed by atoms with Gasteiger partial charge in [0.2, 0.25) is 0 Å². The number of nitrogens with zero attached hydrogens (tertiary/aromatic N) is 5. The highest BCUT2D eigenvalue weighted by Gasteiger charge is 2.30. The van der Waals surface area contributed by atoms with Crippen LogP contribution < -0.4 is 0 Å².